The van der Waals surface area contributed by atoms with Gasteiger partial charge in [0.1, 0.15) is 5.82 Å². The first-order chi connectivity index (χ1) is 17.5. The van der Waals surface area contributed by atoms with Gasteiger partial charge in [0.2, 0.25) is 0 Å². The van der Waals surface area contributed by atoms with E-state index >= 15 is 0 Å². The number of anilines is 1. The lowest BCUT2D eigenvalue weighted by atomic mass is 10.1. The molecule has 0 atom stereocenters. The highest BCUT2D eigenvalue weighted by Crippen LogP contribution is 2.29. The molecule has 12 heteroatoms. The van der Waals surface area contributed by atoms with Crippen molar-refractivity contribution in [2.75, 3.05) is 19.8 Å². The van der Waals surface area contributed by atoms with Gasteiger partial charge in [0, 0.05) is 43.9 Å². The summed E-state index contributed by atoms with van der Waals surface area (Å²) in [4.78, 5) is 18.0. The topological polar surface area (TPSA) is 98.1 Å². The number of aryl methyl sites for hydroxylation is 1. The zero-order valence-electron chi connectivity index (χ0n) is 20.2. The number of halogens is 3. The van der Waals surface area contributed by atoms with Crippen molar-refractivity contribution < 1.29 is 18.0 Å². The third-order valence-electron chi connectivity index (χ3n) is 6.13. The molecule has 5 rings (SSSR count). The minimum atomic E-state index is -4.57. The first-order valence-electron chi connectivity index (χ1n) is 11.2. The first kappa shape index (κ1) is 24.3. The SMILES string of the molecule is CN(C)N(Cc1ccc(-c2cnn(C(F)(F)F)c2)cc1)C(=O)c1ccc2nc(N)c3cnn(C)c3c2c1. The molecule has 9 nitrogen and oxygen atoms in total. The van der Waals surface area contributed by atoms with Crippen LogP contribution in [0.4, 0.5) is 19.0 Å². The second-order valence-electron chi connectivity index (χ2n) is 8.81. The van der Waals surface area contributed by atoms with E-state index in [-0.39, 0.29) is 17.1 Å². The molecule has 0 saturated carbocycles. The van der Waals surface area contributed by atoms with Crippen LogP contribution in [0.25, 0.3) is 32.9 Å². The Hall–Kier alpha value is -4.45. The number of hydrogen-bond acceptors (Lipinski definition) is 6. The monoisotopic (exact) mass is 508 g/mol. The fraction of sp³-hybridized carbons (Fsp3) is 0.200. The number of hydrogen-bond donors (Lipinski definition) is 1. The van der Waals surface area contributed by atoms with Crippen LogP contribution in [0.3, 0.4) is 0 Å². The molecule has 1 amide bonds. The van der Waals surface area contributed by atoms with Crippen LogP contribution in [0.2, 0.25) is 0 Å². The van der Waals surface area contributed by atoms with Crippen molar-refractivity contribution in [3.05, 3.63) is 72.2 Å². The second-order valence-corrected chi connectivity index (χ2v) is 8.81. The minimum Gasteiger partial charge on any atom is -0.383 e. The summed E-state index contributed by atoms with van der Waals surface area (Å²) in [5.74, 6) is 0.147. The van der Waals surface area contributed by atoms with Crippen LogP contribution in [0, 0.1) is 0 Å². The molecule has 2 N–H and O–H groups in total. The van der Waals surface area contributed by atoms with Crippen LogP contribution >= 0.6 is 0 Å². The number of carbonyl (C=O) groups is 1. The number of nitrogens with zero attached hydrogens (tertiary/aromatic N) is 7. The maximum Gasteiger partial charge on any atom is 0.504 e. The molecule has 190 valence electrons. The second kappa shape index (κ2) is 8.89. The van der Waals surface area contributed by atoms with Gasteiger partial charge in [-0.2, -0.15) is 14.9 Å². The van der Waals surface area contributed by atoms with Gasteiger partial charge >= 0.3 is 6.30 Å². The van der Waals surface area contributed by atoms with Gasteiger partial charge in [-0.05, 0) is 29.3 Å². The number of pyridine rings is 1. The molecule has 0 saturated heterocycles. The Labute approximate surface area is 209 Å². The van der Waals surface area contributed by atoms with E-state index in [4.69, 9.17) is 5.73 Å². The zero-order chi connectivity index (χ0) is 26.5. The van der Waals surface area contributed by atoms with Gasteiger partial charge in [0.15, 0.2) is 0 Å². The summed E-state index contributed by atoms with van der Waals surface area (Å²) in [6.45, 7) is 0.257. The van der Waals surface area contributed by atoms with E-state index < -0.39 is 6.30 Å². The van der Waals surface area contributed by atoms with Crippen molar-refractivity contribution in [3.63, 3.8) is 0 Å². The Balaban J connectivity index is 1.42. The summed E-state index contributed by atoms with van der Waals surface area (Å²) < 4.78 is 40.2. The zero-order valence-corrected chi connectivity index (χ0v) is 20.2. The fourth-order valence-corrected chi connectivity index (χ4v) is 4.22. The van der Waals surface area contributed by atoms with Gasteiger partial charge < -0.3 is 5.73 Å². The Morgan fingerprint density at radius 1 is 1.00 bits per heavy atom. The van der Waals surface area contributed by atoms with Crippen LogP contribution in [0.15, 0.2) is 61.1 Å². The number of alkyl halides is 3. The summed E-state index contributed by atoms with van der Waals surface area (Å²) in [5.41, 5.74) is 9.72. The standard InChI is InChI=1S/C25H23F3N8O/c1-33(2)35(13-15-4-6-16(7-5-15)18-11-31-36(14-18)25(26,27)28)24(37)17-8-9-21-19(10-17)22-20(23(29)32-21)12-30-34(22)3/h4-12,14H,13H2,1-3H3,(H2,29,32). The Morgan fingerprint density at radius 2 is 1.73 bits per heavy atom. The van der Waals surface area contributed by atoms with Gasteiger partial charge in [-0.3, -0.25) is 14.5 Å². The third kappa shape index (κ3) is 4.47. The molecule has 37 heavy (non-hydrogen) atoms. The molecule has 0 fully saturated rings. The largest absolute Gasteiger partial charge is 0.504 e. The summed E-state index contributed by atoms with van der Waals surface area (Å²) in [7, 11) is 5.33. The average molecular weight is 509 g/mol. The number of rotatable bonds is 5. The van der Waals surface area contributed by atoms with Crippen molar-refractivity contribution in [2.24, 2.45) is 7.05 Å². The molecule has 0 spiro atoms. The van der Waals surface area contributed by atoms with Crippen molar-refractivity contribution in [3.8, 4) is 11.1 Å². The molecule has 0 unspecified atom stereocenters. The van der Waals surface area contributed by atoms with E-state index in [1.165, 1.54) is 6.20 Å². The summed E-state index contributed by atoms with van der Waals surface area (Å²) in [5, 5.41) is 12.4. The number of carbonyl (C=O) groups excluding carboxylic acids is 1. The lowest BCUT2D eigenvalue weighted by Gasteiger charge is -2.29. The summed E-state index contributed by atoms with van der Waals surface area (Å²) in [6.07, 6.45) is -0.820. The Kier molecular flexibility index (Phi) is 5.83. The van der Waals surface area contributed by atoms with Crippen LogP contribution in [-0.4, -0.2) is 54.6 Å². The number of benzene rings is 2. The average Bonchev–Trinajstić information content (AvgIpc) is 3.50. The van der Waals surface area contributed by atoms with Crippen LogP contribution in [0.5, 0.6) is 0 Å². The molecule has 0 bridgehead atoms. The highest BCUT2D eigenvalue weighted by molar-refractivity contribution is 6.10. The van der Waals surface area contributed by atoms with Crippen LogP contribution in [-0.2, 0) is 19.9 Å². The highest BCUT2D eigenvalue weighted by Gasteiger charge is 2.31. The van der Waals surface area contributed by atoms with E-state index in [1.54, 1.807) is 84.5 Å². The quantitative estimate of drug-likeness (QED) is 0.358. The van der Waals surface area contributed by atoms with Crippen molar-refractivity contribution in [1.82, 2.24) is 34.6 Å². The highest BCUT2D eigenvalue weighted by atomic mass is 19.4. The van der Waals surface area contributed by atoms with E-state index in [0.717, 1.165) is 22.7 Å². The van der Waals surface area contributed by atoms with Crippen LogP contribution in [0.1, 0.15) is 15.9 Å². The Bertz CT molecular complexity index is 1620. The molecule has 2 aromatic carbocycles. The maximum atomic E-state index is 13.5. The van der Waals surface area contributed by atoms with Crippen molar-refractivity contribution in [2.45, 2.75) is 12.8 Å². The number of hydrazine groups is 1. The first-order valence-corrected chi connectivity index (χ1v) is 11.2. The number of aromatic nitrogens is 5. The summed E-state index contributed by atoms with van der Waals surface area (Å²) in [6, 6.07) is 12.2. The van der Waals surface area contributed by atoms with E-state index in [2.05, 4.69) is 15.2 Å². The van der Waals surface area contributed by atoms with Gasteiger partial charge in [-0.25, -0.2) is 9.99 Å². The van der Waals surface area contributed by atoms with Gasteiger partial charge in [-0.1, -0.05) is 24.3 Å². The predicted molar refractivity (Wildman–Crippen MR) is 133 cm³/mol. The van der Waals surface area contributed by atoms with E-state index in [1.807, 2.05) is 0 Å². The molecule has 0 aliphatic rings. The summed E-state index contributed by atoms with van der Waals surface area (Å²) >= 11 is 0. The molecule has 5 aromatic rings. The number of nitrogen functional groups attached to an aromatic ring is 1. The Morgan fingerprint density at radius 3 is 2.38 bits per heavy atom. The molecular formula is C25H23F3N8O. The van der Waals surface area contributed by atoms with E-state index in [0.29, 0.717) is 33.4 Å². The number of fused-ring (bicyclic) bond motifs is 3. The molecule has 0 aliphatic carbocycles. The smallest absolute Gasteiger partial charge is 0.383 e. The molecule has 3 aromatic heterocycles. The lowest BCUT2D eigenvalue weighted by molar-refractivity contribution is -0.212. The minimum absolute atomic E-state index is 0.0324. The number of amides is 1. The van der Waals surface area contributed by atoms with Crippen LogP contribution < -0.4 is 5.73 Å². The maximum absolute atomic E-state index is 13.5. The fourth-order valence-electron chi connectivity index (χ4n) is 4.22. The predicted octanol–water partition coefficient (Wildman–Crippen LogP) is 4.16. The van der Waals surface area contributed by atoms with Gasteiger partial charge in [0.05, 0.1) is 35.4 Å². The van der Waals surface area contributed by atoms with Gasteiger partial charge in [0.25, 0.3) is 5.91 Å². The number of nitrogens with two attached hydrogens (primary N) is 1. The third-order valence-corrected chi connectivity index (χ3v) is 6.13. The van der Waals surface area contributed by atoms with Crippen molar-refractivity contribution >= 4 is 33.5 Å². The van der Waals surface area contributed by atoms with E-state index in [9.17, 15) is 18.0 Å². The normalized spacial score (nSPS) is 12.1. The molecule has 3 heterocycles. The molecule has 0 radical (unpaired) electrons. The molecular weight excluding hydrogens is 485 g/mol. The van der Waals surface area contributed by atoms with Gasteiger partial charge in [-0.15, -0.1) is 13.2 Å². The molecule has 0 aliphatic heterocycles. The van der Waals surface area contributed by atoms with Crippen molar-refractivity contribution in [1.29, 1.82) is 0 Å². The lowest BCUT2D eigenvalue weighted by Crippen LogP contribution is -2.41.